The molecule has 0 aromatic heterocycles. The zero-order chi connectivity index (χ0) is 13.9. The standard InChI is InChI=1S/C16H26O3/c1-4-14(2)15-6-8-16(9-7-15)19-13-12-18-11-5-10-17-3/h6-9,14H,4-5,10-13H2,1-3H3. The Balaban J connectivity index is 2.16. The van der Waals surface area contributed by atoms with Crippen LogP contribution in [0.5, 0.6) is 5.75 Å². The molecule has 0 aliphatic heterocycles. The molecule has 1 unspecified atom stereocenters. The summed E-state index contributed by atoms with van der Waals surface area (Å²) in [5.74, 6) is 1.52. The monoisotopic (exact) mass is 266 g/mol. The molecular formula is C16H26O3. The number of benzene rings is 1. The third kappa shape index (κ3) is 6.60. The molecule has 1 atom stereocenters. The molecule has 1 aromatic rings. The molecule has 0 saturated heterocycles. The molecule has 0 heterocycles. The van der Waals surface area contributed by atoms with E-state index in [4.69, 9.17) is 14.2 Å². The van der Waals surface area contributed by atoms with Crippen LogP contribution in [0.1, 0.15) is 38.2 Å². The van der Waals surface area contributed by atoms with Crippen LogP contribution in [0, 0.1) is 0 Å². The molecule has 3 heteroatoms. The molecule has 0 spiro atoms. The minimum atomic E-state index is 0.593. The molecule has 0 bridgehead atoms. The second kappa shape index (κ2) is 9.82. The van der Waals surface area contributed by atoms with Gasteiger partial charge in [0.2, 0.25) is 0 Å². The third-order valence-corrected chi connectivity index (χ3v) is 3.20. The second-order valence-corrected chi connectivity index (χ2v) is 4.69. The van der Waals surface area contributed by atoms with Crippen molar-refractivity contribution in [3.63, 3.8) is 0 Å². The molecule has 0 aliphatic rings. The zero-order valence-corrected chi connectivity index (χ0v) is 12.4. The Morgan fingerprint density at radius 2 is 1.74 bits per heavy atom. The van der Waals surface area contributed by atoms with Gasteiger partial charge in [0.25, 0.3) is 0 Å². The Kier molecular flexibility index (Phi) is 8.26. The first-order valence-corrected chi connectivity index (χ1v) is 7.07. The topological polar surface area (TPSA) is 27.7 Å². The Morgan fingerprint density at radius 3 is 2.37 bits per heavy atom. The quantitative estimate of drug-likeness (QED) is 0.605. The third-order valence-electron chi connectivity index (χ3n) is 3.20. The molecule has 3 nitrogen and oxygen atoms in total. The first-order chi connectivity index (χ1) is 9.27. The fraction of sp³-hybridized carbons (Fsp3) is 0.625. The van der Waals surface area contributed by atoms with Gasteiger partial charge < -0.3 is 14.2 Å². The predicted octanol–water partition coefficient (Wildman–Crippen LogP) is 3.63. The van der Waals surface area contributed by atoms with E-state index in [1.54, 1.807) is 7.11 Å². The number of hydrogen-bond donors (Lipinski definition) is 0. The van der Waals surface area contributed by atoms with Crippen LogP contribution in [0.25, 0.3) is 0 Å². The lowest BCUT2D eigenvalue weighted by Gasteiger charge is -2.11. The summed E-state index contributed by atoms with van der Waals surface area (Å²) in [5.41, 5.74) is 1.37. The lowest BCUT2D eigenvalue weighted by atomic mass is 9.99. The first-order valence-electron chi connectivity index (χ1n) is 7.07. The second-order valence-electron chi connectivity index (χ2n) is 4.69. The van der Waals surface area contributed by atoms with Crippen LogP contribution in [0.15, 0.2) is 24.3 Å². The molecule has 19 heavy (non-hydrogen) atoms. The lowest BCUT2D eigenvalue weighted by molar-refractivity contribution is 0.0806. The van der Waals surface area contributed by atoms with E-state index in [1.807, 2.05) is 12.1 Å². The average Bonchev–Trinajstić information content (AvgIpc) is 2.46. The number of methoxy groups -OCH3 is 1. The van der Waals surface area contributed by atoms with E-state index in [2.05, 4.69) is 26.0 Å². The van der Waals surface area contributed by atoms with Crippen molar-refractivity contribution in [1.29, 1.82) is 0 Å². The average molecular weight is 266 g/mol. The van der Waals surface area contributed by atoms with Crippen molar-refractivity contribution in [2.45, 2.75) is 32.6 Å². The summed E-state index contributed by atoms with van der Waals surface area (Å²) in [6.45, 7) is 7.13. The highest BCUT2D eigenvalue weighted by Gasteiger charge is 2.02. The van der Waals surface area contributed by atoms with E-state index in [9.17, 15) is 0 Å². The zero-order valence-electron chi connectivity index (χ0n) is 12.4. The van der Waals surface area contributed by atoms with Gasteiger partial charge in [-0.15, -0.1) is 0 Å². The smallest absolute Gasteiger partial charge is 0.119 e. The molecule has 0 aliphatic carbocycles. The summed E-state index contributed by atoms with van der Waals surface area (Å²) >= 11 is 0. The van der Waals surface area contributed by atoms with Gasteiger partial charge in [0.1, 0.15) is 12.4 Å². The van der Waals surface area contributed by atoms with Crippen molar-refractivity contribution >= 4 is 0 Å². The van der Waals surface area contributed by atoms with E-state index in [0.29, 0.717) is 19.1 Å². The summed E-state index contributed by atoms with van der Waals surface area (Å²) in [5, 5.41) is 0. The fourth-order valence-electron chi connectivity index (χ4n) is 1.75. The van der Waals surface area contributed by atoms with Crippen molar-refractivity contribution in [2.75, 3.05) is 33.5 Å². The van der Waals surface area contributed by atoms with Crippen LogP contribution in [0.2, 0.25) is 0 Å². The van der Waals surface area contributed by atoms with Crippen LogP contribution in [-0.4, -0.2) is 33.5 Å². The molecular weight excluding hydrogens is 240 g/mol. The van der Waals surface area contributed by atoms with Crippen LogP contribution >= 0.6 is 0 Å². The van der Waals surface area contributed by atoms with Gasteiger partial charge in [0, 0.05) is 20.3 Å². The van der Waals surface area contributed by atoms with Gasteiger partial charge in [-0.05, 0) is 36.5 Å². The first kappa shape index (κ1) is 16.0. The van der Waals surface area contributed by atoms with Crippen molar-refractivity contribution in [2.24, 2.45) is 0 Å². The molecule has 108 valence electrons. The van der Waals surface area contributed by atoms with Crippen LogP contribution in [-0.2, 0) is 9.47 Å². The molecule has 0 amide bonds. The molecule has 0 fully saturated rings. The van der Waals surface area contributed by atoms with Crippen LogP contribution in [0.3, 0.4) is 0 Å². The maximum atomic E-state index is 5.62. The molecule has 0 saturated carbocycles. The Morgan fingerprint density at radius 1 is 1.00 bits per heavy atom. The maximum absolute atomic E-state index is 5.62. The SMILES string of the molecule is CCC(C)c1ccc(OCCOCCCOC)cc1. The van der Waals surface area contributed by atoms with Gasteiger partial charge in [0.05, 0.1) is 6.61 Å². The lowest BCUT2D eigenvalue weighted by Crippen LogP contribution is -2.08. The normalized spacial score (nSPS) is 12.4. The molecule has 1 aromatic carbocycles. The minimum Gasteiger partial charge on any atom is -0.491 e. The van der Waals surface area contributed by atoms with Crippen molar-refractivity contribution in [3.05, 3.63) is 29.8 Å². The van der Waals surface area contributed by atoms with Gasteiger partial charge in [-0.2, -0.15) is 0 Å². The predicted molar refractivity (Wildman–Crippen MR) is 78.0 cm³/mol. The number of rotatable bonds is 10. The summed E-state index contributed by atoms with van der Waals surface area (Å²) in [7, 11) is 1.70. The van der Waals surface area contributed by atoms with Gasteiger partial charge in [-0.25, -0.2) is 0 Å². The maximum Gasteiger partial charge on any atom is 0.119 e. The largest absolute Gasteiger partial charge is 0.491 e. The summed E-state index contributed by atoms with van der Waals surface area (Å²) in [6.07, 6.45) is 2.09. The van der Waals surface area contributed by atoms with Crippen molar-refractivity contribution < 1.29 is 14.2 Å². The summed E-state index contributed by atoms with van der Waals surface area (Å²) in [4.78, 5) is 0. The highest BCUT2D eigenvalue weighted by Crippen LogP contribution is 2.21. The van der Waals surface area contributed by atoms with Crippen molar-refractivity contribution in [1.82, 2.24) is 0 Å². The van der Waals surface area contributed by atoms with E-state index in [0.717, 1.165) is 31.8 Å². The van der Waals surface area contributed by atoms with Gasteiger partial charge >= 0.3 is 0 Å². The van der Waals surface area contributed by atoms with Crippen LogP contribution in [0.4, 0.5) is 0 Å². The Hall–Kier alpha value is -1.06. The molecule has 1 rings (SSSR count). The molecule has 0 radical (unpaired) electrons. The fourth-order valence-corrected chi connectivity index (χ4v) is 1.75. The summed E-state index contributed by atoms with van der Waals surface area (Å²) in [6, 6.07) is 8.35. The van der Waals surface area contributed by atoms with E-state index in [1.165, 1.54) is 5.56 Å². The van der Waals surface area contributed by atoms with Crippen molar-refractivity contribution in [3.8, 4) is 5.75 Å². The van der Waals surface area contributed by atoms with Gasteiger partial charge in [0.15, 0.2) is 0 Å². The highest BCUT2D eigenvalue weighted by atomic mass is 16.5. The number of hydrogen-bond acceptors (Lipinski definition) is 3. The Labute approximate surface area is 116 Å². The van der Waals surface area contributed by atoms with Gasteiger partial charge in [-0.3, -0.25) is 0 Å². The number of ether oxygens (including phenoxy) is 3. The molecule has 0 N–H and O–H groups in total. The van der Waals surface area contributed by atoms with E-state index < -0.39 is 0 Å². The van der Waals surface area contributed by atoms with Gasteiger partial charge in [-0.1, -0.05) is 26.0 Å². The summed E-state index contributed by atoms with van der Waals surface area (Å²) < 4.78 is 16.0. The van der Waals surface area contributed by atoms with E-state index >= 15 is 0 Å². The minimum absolute atomic E-state index is 0.593. The Bertz CT molecular complexity index is 321. The van der Waals surface area contributed by atoms with Crippen LogP contribution < -0.4 is 4.74 Å². The highest BCUT2D eigenvalue weighted by molar-refractivity contribution is 5.29. The van der Waals surface area contributed by atoms with E-state index in [-0.39, 0.29) is 0 Å².